The summed E-state index contributed by atoms with van der Waals surface area (Å²) in [4.78, 5) is 26.3. The first-order chi connectivity index (χ1) is 33.0. The van der Waals surface area contributed by atoms with Crippen molar-refractivity contribution in [3.8, 4) is 0 Å². The molecule has 70 heavy (non-hydrogen) atoms. The van der Waals surface area contributed by atoms with E-state index in [0.717, 1.165) is 0 Å². The number of amides is 1. The molecule has 2 fully saturated rings. The summed E-state index contributed by atoms with van der Waals surface area (Å²) in [7, 11) is 0. The monoisotopic (exact) mass is 997 g/mol. The van der Waals surface area contributed by atoms with Crippen LogP contribution in [0.25, 0.3) is 0 Å². The molecule has 1 amide bonds. The number of nitrogens with one attached hydrogen (secondary N) is 1. The fourth-order valence-electron chi connectivity index (χ4n) is 8.39. The van der Waals surface area contributed by atoms with Gasteiger partial charge < -0.3 is 91.3 Å². The van der Waals surface area contributed by atoms with Crippen molar-refractivity contribution in [3.05, 3.63) is 85.1 Å². The molecule has 0 aromatic rings. The number of aliphatic hydroxyl groups excluding tert-OH is 11. The van der Waals surface area contributed by atoms with Gasteiger partial charge in [0.1, 0.15) is 12.2 Å². The molecule has 15 N–H and O–H groups in total. The van der Waals surface area contributed by atoms with Gasteiger partial charge in [0.05, 0.1) is 98.2 Å². The lowest BCUT2D eigenvalue weighted by Gasteiger charge is -2.46. The molecule has 3 heterocycles. The molecule has 3 aliphatic rings. The lowest BCUT2D eigenvalue weighted by atomic mass is 9.82. The minimum absolute atomic E-state index is 0.119. The average molecular weight is 997 g/mol. The molecule has 0 radical (unpaired) electrons. The molecular weight excluding hydrogens is 917 g/mol. The van der Waals surface area contributed by atoms with Gasteiger partial charge in [0.15, 0.2) is 12.1 Å². The molecule has 20 nitrogen and oxygen atoms in total. The lowest BCUT2D eigenvalue weighted by molar-refractivity contribution is -0.307. The topological polar surface area (TPSA) is 352 Å². The zero-order chi connectivity index (χ0) is 52.1. The number of fused-ring (bicyclic) bond motifs is 2. The third-order valence-electron chi connectivity index (χ3n) is 12.8. The molecule has 2 bridgehead atoms. The molecule has 3 aliphatic heterocycles. The summed E-state index contributed by atoms with van der Waals surface area (Å²) in [5.74, 6) is -6.09. The normalized spacial score (nSPS) is 43.5. The summed E-state index contributed by atoms with van der Waals surface area (Å²) in [6, 6.07) is -1.17. The van der Waals surface area contributed by atoms with Crippen LogP contribution in [0.1, 0.15) is 79.1 Å². The zero-order valence-electron chi connectivity index (χ0n) is 40.5. The van der Waals surface area contributed by atoms with Gasteiger partial charge >= 0.3 is 5.97 Å². The van der Waals surface area contributed by atoms with E-state index < -0.39 is 166 Å². The number of ether oxygens (including phenoxy) is 4. The molecule has 0 saturated carbocycles. The van der Waals surface area contributed by atoms with E-state index in [1.807, 2.05) is 13.0 Å². The Morgan fingerprint density at radius 1 is 0.729 bits per heavy atom. The maximum atomic E-state index is 13.6. The number of allylic oxidation sites excluding steroid dienone is 12. The first kappa shape index (κ1) is 60.8. The number of esters is 1. The highest BCUT2D eigenvalue weighted by atomic mass is 16.7. The number of hydrogen-bond acceptors (Lipinski definition) is 19. The van der Waals surface area contributed by atoms with Gasteiger partial charge in [0.25, 0.3) is 0 Å². The standard InChI is InChI=1S/C50H80N2O18/c1-29-17-15-13-11-9-7-5-6-8-10-12-14-16-18-37(69-49-47(64)44(51)46(63)32(4)68-49)24-41-43(48(65)52-27-36(57)28-53)40(60)26-50(66,70-41)25-35(56)22-39(59)38(58)20-19-33(54)21-34(55)23-42(61)67-31(3)30(2)45(29)62/h5-18,29-41,43-47,49,53-60,62-64,66H,19-28,51H2,1-4H3,(H,52,65)/b6-5+,9-7+,10-8+,13-11+,14-12+,17-15+,18-16+/t29-,30-,31-,32+,33+,34+,35-,36+,37-,38+,39+,40-,41-,43+,44-,45+,46+,47-,49-,50+/m0/s1. The molecule has 0 spiro atoms. The number of rotatable bonds is 6. The number of carbonyl (C=O) groups is 2. The molecule has 0 aromatic heterocycles. The van der Waals surface area contributed by atoms with Crippen LogP contribution in [-0.2, 0) is 28.5 Å². The number of cyclic esters (lactones) is 1. The fourth-order valence-corrected chi connectivity index (χ4v) is 8.39. The molecule has 398 valence electrons. The van der Waals surface area contributed by atoms with Crippen molar-refractivity contribution in [2.24, 2.45) is 23.5 Å². The minimum Gasteiger partial charge on any atom is -0.462 e. The molecule has 2 saturated heterocycles. The molecule has 0 unspecified atom stereocenters. The van der Waals surface area contributed by atoms with Crippen LogP contribution in [0.3, 0.4) is 0 Å². The lowest BCUT2D eigenvalue weighted by Crippen LogP contribution is -2.62. The Balaban J connectivity index is 1.93. The highest BCUT2D eigenvalue weighted by Crippen LogP contribution is 2.38. The van der Waals surface area contributed by atoms with Crippen LogP contribution in [-0.4, -0.2) is 190 Å². The van der Waals surface area contributed by atoms with Crippen molar-refractivity contribution >= 4 is 11.9 Å². The van der Waals surface area contributed by atoms with E-state index in [9.17, 15) is 70.9 Å². The Morgan fingerprint density at radius 3 is 1.91 bits per heavy atom. The predicted molar refractivity (Wildman–Crippen MR) is 255 cm³/mol. The Labute approximate surface area is 410 Å². The van der Waals surface area contributed by atoms with Gasteiger partial charge in [-0.15, -0.1) is 0 Å². The van der Waals surface area contributed by atoms with Gasteiger partial charge in [-0.1, -0.05) is 98.9 Å². The zero-order valence-corrected chi connectivity index (χ0v) is 40.5. The van der Waals surface area contributed by atoms with E-state index in [1.165, 1.54) is 13.0 Å². The van der Waals surface area contributed by atoms with E-state index in [-0.39, 0.29) is 31.6 Å². The van der Waals surface area contributed by atoms with Crippen molar-refractivity contribution in [3.63, 3.8) is 0 Å². The van der Waals surface area contributed by atoms with Crippen molar-refractivity contribution in [2.75, 3.05) is 13.2 Å². The van der Waals surface area contributed by atoms with Gasteiger partial charge in [-0.2, -0.15) is 0 Å². The second kappa shape index (κ2) is 30.5. The highest BCUT2D eigenvalue weighted by Gasteiger charge is 2.51. The van der Waals surface area contributed by atoms with Gasteiger partial charge in [-0.3, -0.25) is 9.59 Å². The van der Waals surface area contributed by atoms with Crippen molar-refractivity contribution in [2.45, 2.75) is 183 Å². The van der Waals surface area contributed by atoms with Crippen molar-refractivity contribution in [1.29, 1.82) is 0 Å². The number of nitrogens with two attached hydrogens (primary N) is 1. The smallest absolute Gasteiger partial charge is 0.308 e. The van der Waals surface area contributed by atoms with Crippen LogP contribution in [0.15, 0.2) is 85.1 Å². The summed E-state index contributed by atoms with van der Waals surface area (Å²) in [6.07, 6.45) is 2.01. The van der Waals surface area contributed by atoms with Crippen LogP contribution in [0.5, 0.6) is 0 Å². The van der Waals surface area contributed by atoms with Crippen LogP contribution < -0.4 is 11.1 Å². The van der Waals surface area contributed by atoms with E-state index in [1.54, 1.807) is 86.8 Å². The van der Waals surface area contributed by atoms with Crippen LogP contribution >= 0.6 is 0 Å². The van der Waals surface area contributed by atoms with Crippen LogP contribution in [0.2, 0.25) is 0 Å². The van der Waals surface area contributed by atoms with Crippen molar-refractivity contribution in [1.82, 2.24) is 5.32 Å². The molecule has 20 heteroatoms. The molecule has 3 rings (SSSR count). The number of carbonyl (C=O) groups excluding carboxylic acids is 2. The van der Waals surface area contributed by atoms with E-state index >= 15 is 0 Å². The van der Waals surface area contributed by atoms with E-state index in [0.29, 0.717) is 0 Å². The van der Waals surface area contributed by atoms with Gasteiger partial charge in [-0.25, -0.2) is 0 Å². The maximum absolute atomic E-state index is 13.6. The molecule has 0 aliphatic carbocycles. The quantitative estimate of drug-likeness (QED) is 0.143. The first-order valence-electron chi connectivity index (χ1n) is 24.1. The van der Waals surface area contributed by atoms with E-state index in [2.05, 4.69) is 5.32 Å². The Bertz CT molecular complexity index is 1780. The predicted octanol–water partition coefficient (Wildman–Crippen LogP) is -0.903. The molecule has 0 aromatic carbocycles. The average Bonchev–Trinajstić information content (AvgIpc) is 3.29. The highest BCUT2D eigenvalue weighted by molar-refractivity contribution is 5.80. The Hall–Kier alpha value is -3.52. The molecule has 20 atom stereocenters. The minimum atomic E-state index is -2.34. The Morgan fingerprint density at radius 2 is 1.31 bits per heavy atom. The summed E-state index contributed by atoms with van der Waals surface area (Å²) < 4.78 is 23.5. The molecular formula is C50H80N2O18. The summed E-state index contributed by atoms with van der Waals surface area (Å²) in [5.41, 5.74) is 6.07. The van der Waals surface area contributed by atoms with E-state index in [4.69, 9.17) is 24.7 Å². The first-order valence-corrected chi connectivity index (χ1v) is 24.1. The van der Waals surface area contributed by atoms with Gasteiger partial charge in [0.2, 0.25) is 5.91 Å². The largest absolute Gasteiger partial charge is 0.462 e. The van der Waals surface area contributed by atoms with Gasteiger partial charge in [0, 0.05) is 44.1 Å². The van der Waals surface area contributed by atoms with Crippen LogP contribution in [0.4, 0.5) is 0 Å². The second-order valence-corrected chi connectivity index (χ2v) is 18.8. The summed E-state index contributed by atoms with van der Waals surface area (Å²) in [5, 5.41) is 131. The fraction of sp³-hybridized carbons (Fsp3) is 0.680. The number of hydrogen-bond donors (Lipinski definition) is 14. The SMILES string of the molecule is C[C@@H]1[C@H](O)[C@@H](C)/C=C/C=C/C=C/C=C/C=C/C=C/C=C/[C@H](O[C@@H]2O[C@H](C)[C@@H](O)[C@H](N)[C@@H]2O)C[C@@H]2O[C@](O)(C[C@@H](O)C[C@@H](O)[C@H](O)CC[C@@H](O)C[C@@H](O)CC(=O)O[C@H]1C)C[C@H](O)[C@H]2C(=O)NC[C@@H](O)CO. The third kappa shape index (κ3) is 20.5. The van der Waals surface area contributed by atoms with Gasteiger partial charge in [-0.05, 0) is 33.1 Å². The summed E-state index contributed by atoms with van der Waals surface area (Å²) >= 11 is 0. The Kier molecular flexibility index (Phi) is 26.5. The maximum Gasteiger partial charge on any atom is 0.308 e. The third-order valence-corrected chi connectivity index (χ3v) is 12.8. The van der Waals surface area contributed by atoms with Crippen molar-refractivity contribution < 1.29 is 89.8 Å². The van der Waals surface area contributed by atoms with Crippen LogP contribution in [0, 0.1) is 17.8 Å². The second-order valence-electron chi connectivity index (χ2n) is 18.8. The number of aliphatic hydroxyl groups is 12. The summed E-state index contributed by atoms with van der Waals surface area (Å²) in [6.45, 7) is 5.66.